The topological polar surface area (TPSA) is 59.3 Å². The molecule has 0 saturated heterocycles. The molecule has 110 valence electrons. The van der Waals surface area contributed by atoms with E-state index in [1.165, 1.54) is 23.7 Å². The van der Waals surface area contributed by atoms with Gasteiger partial charge in [-0.2, -0.15) is 0 Å². The summed E-state index contributed by atoms with van der Waals surface area (Å²) in [5.74, 6) is -1.35. The van der Waals surface area contributed by atoms with Crippen LogP contribution in [0.4, 0.5) is 0 Å². The Kier molecular flexibility index (Phi) is 4.33. The fourth-order valence-electron chi connectivity index (χ4n) is 1.99. The second-order valence-corrected chi connectivity index (χ2v) is 5.64. The Morgan fingerprint density at radius 3 is 2.33 bits per heavy atom. The summed E-state index contributed by atoms with van der Waals surface area (Å²) in [6.45, 7) is 1.64. The Hall–Kier alpha value is -1.49. The van der Waals surface area contributed by atoms with E-state index < -0.39 is 17.1 Å². The summed E-state index contributed by atoms with van der Waals surface area (Å²) < 4.78 is 1.20. The van der Waals surface area contributed by atoms with Crippen molar-refractivity contribution in [1.29, 1.82) is 0 Å². The van der Waals surface area contributed by atoms with Crippen LogP contribution in [0, 0.1) is 6.92 Å². The van der Waals surface area contributed by atoms with Gasteiger partial charge in [-0.15, -0.1) is 0 Å². The van der Waals surface area contributed by atoms with Gasteiger partial charge >= 0.3 is 5.97 Å². The fourth-order valence-corrected chi connectivity index (χ4v) is 2.61. The molecule has 0 aliphatic heterocycles. The van der Waals surface area contributed by atoms with Crippen molar-refractivity contribution < 1.29 is 9.90 Å². The van der Waals surface area contributed by atoms with Gasteiger partial charge in [-0.25, -0.2) is 4.79 Å². The van der Waals surface area contributed by atoms with Gasteiger partial charge in [0.2, 0.25) is 0 Å². The number of pyridine rings is 1. The summed E-state index contributed by atoms with van der Waals surface area (Å²) in [6, 6.07) is 4.57. The molecule has 0 atom stereocenters. The minimum absolute atomic E-state index is 0.142. The first-order valence-electron chi connectivity index (χ1n) is 5.83. The normalized spacial score (nSPS) is 10.7. The van der Waals surface area contributed by atoms with E-state index in [4.69, 9.17) is 34.8 Å². The van der Waals surface area contributed by atoms with Crippen LogP contribution >= 0.6 is 34.8 Å². The number of halogens is 3. The highest BCUT2D eigenvalue weighted by atomic mass is 35.5. The third-order valence-corrected chi connectivity index (χ3v) is 4.43. The van der Waals surface area contributed by atoms with Crippen molar-refractivity contribution in [3.05, 3.63) is 54.9 Å². The number of carbonyl (C=O) groups is 1. The van der Waals surface area contributed by atoms with E-state index in [-0.39, 0.29) is 15.6 Å². The van der Waals surface area contributed by atoms with Gasteiger partial charge in [-0.3, -0.25) is 4.79 Å². The maximum absolute atomic E-state index is 12.2. The van der Waals surface area contributed by atoms with Crippen molar-refractivity contribution >= 4 is 40.8 Å². The monoisotopic (exact) mass is 345 g/mol. The minimum Gasteiger partial charge on any atom is -0.477 e. The number of carboxylic acids is 1. The van der Waals surface area contributed by atoms with Gasteiger partial charge in [-0.05, 0) is 24.6 Å². The molecule has 1 aromatic heterocycles. The molecule has 2 aromatic rings. The van der Waals surface area contributed by atoms with E-state index in [2.05, 4.69) is 0 Å². The second kappa shape index (κ2) is 5.72. The molecule has 0 aliphatic carbocycles. The molecule has 7 heteroatoms. The predicted molar refractivity (Wildman–Crippen MR) is 83.8 cm³/mol. The molecule has 4 nitrogen and oxygen atoms in total. The molecule has 0 aliphatic rings. The molecule has 21 heavy (non-hydrogen) atoms. The van der Waals surface area contributed by atoms with E-state index in [1.807, 2.05) is 0 Å². The zero-order chi connectivity index (χ0) is 15.9. The zero-order valence-electron chi connectivity index (χ0n) is 11.1. The van der Waals surface area contributed by atoms with Crippen LogP contribution < -0.4 is 5.56 Å². The highest BCUT2D eigenvalue weighted by Crippen LogP contribution is 2.35. The molecule has 1 heterocycles. The van der Waals surface area contributed by atoms with Crippen LogP contribution in [0.5, 0.6) is 0 Å². The fraction of sp³-hybridized carbons (Fsp3) is 0.143. The van der Waals surface area contributed by atoms with Crippen LogP contribution in [0.15, 0.2) is 23.0 Å². The van der Waals surface area contributed by atoms with Gasteiger partial charge in [0, 0.05) is 18.3 Å². The molecule has 0 bridgehead atoms. The second-order valence-electron chi connectivity index (χ2n) is 4.45. The van der Waals surface area contributed by atoms with Gasteiger partial charge in [0.15, 0.2) is 0 Å². The first kappa shape index (κ1) is 15.9. The largest absolute Gasteiger partial charge is 0.477 e. The van der Waals surface area contributed by atoms with Crippen molar-refractivity contribution in [3.63, 3.8) is 0 Å². The lowest BCUT2D eigenvalue weighted by Crippen LogP contribution is -2.27. The highest BCUT2D eigenvalue weighted by molar-refractivity contribution is 6.42. The van der Waals surface area contributed by atoms with E-state index in [0.29, 0.717) is 16.3 Å². The number of aromatic nitrogens is 1. The van der Waals surface area contributed by atoms with Gasteiger partial charge in [0.05, 0.1) is 15.1 Å². The predicted octanol–water partition coefficient (Wildman–Crippen LogP) is 4.02. The standard InChI is InChI=1S/C14H10Cl3NO3/c1-6-12(17)10(7-3-4-8(15)9(16)5-7)11(14(20)21)13(19)18(6)2/h3-5H,1-2H3,(H,20,21). The Labute approximate surface area is 135 Å². The minimum atomic E-state index is -1.35. The number of benzene rings is 1. The Bertz CT molecular complexity index is 812. The summed E-state index contributed by atoms with van der Waals surface area (Å²) in [5, 5.41) is 10.1. The highest BCUT2D eigenvalue weighted by Gasteiger charge is 2.23. The molecule has 0 saturated carbocycles. The van der Waals surface area contributed by atoms with Crippen LogP contribution in [0.3, 0.4) is 0 Å². The molecule has 0 radical (unpaired) electrons. The van der Waals surface area contributed by atoms with Gasteiger partial charge in [-0.1, -0.05) is 40.9 Å². The van der Waals surface area contributed by atoms with Gasteiger partial charge in [0.1, 0.15) is 5.56 Å². The summed E-state index contributed by atoms with van der Waals surface area (Å²) >= 11 is 18.1. The molecular weight excluding hydrogens is 337 g/mol. The van der Waals surface area contributed by atoms with Crippen molar-refractivity contribution in [2.45, 2.75) is 6.92 Å². The number of hydrogen-bond donors (Lipinski definition) is 1. The lowest BCUT2D eigenvalue weighted by atomic mass is 10.00. The van der Waals surface area contributed by atoms with Crippen molar-refractivity contribution in [3.8, 4) is 11.1 Å². The molecule has 0 spiro atoms. The summed E-state index contributed by atoms with van der Waals surface area (Å²) in [7, 11) is 1.47. The number of hydrogen-bond acceptors (Lipinski definition) is 2. The summed E-state index contributed by atoms with van der Waals surface area (Å²) in [5.41, 5.74) is 0.000587. The van der Waals surface area contributed by atoms with Crippen molar-refractivity contribution in [1.82, 2.24) is 4.57 Å². The number of nitrogens with zero attached hydrogens (tertiary/aromatic N) is 1. The van der Waals surface area contributed by atoms with E-state index >= 15 is 0 Å². The van der Waals surface area contributed by atoms with Gasteiger partial charge < -0.3 is 9.67 Å². The lowest BCUT2D eigenvalue weighted by molar-refractivity contribution is 0.0695. The third-order valence-electron chi connectivity index (χ3n) is 3.23. The van der Waals surface area contributed by atoms with Crippen LogP contribution in [-0.2, 0) is 7.05 Å². The first-order chi connectivity index (χ1) is 9.75. The Morgan fingerprint density at radius 2 is 1.81 bits per heavy atom. The first-order valence-corrected chi connectivity index (χ1v) is 6.97. The maximum Gasteiger partial charge on any atom is 0.342 e. The number of aromatic carboxylic acids is 1. The zero-order valence-corrected chi connectivity index (χ0v) is 13.3. The average Bonchev–Trinajstić information content (AvgIpc) is 2.43. The molecular formula is C14H10Cl3NO3. The molecule has 0 fully saturated rings. The smallest absolute Gasteiger partial charge is 0.342 e. The SMILES string of the molecule is Cc1c(Cl)c(-c2ccc(Cl)c(Cl)c2)c(C(=O)O)c(=O)n1C. The molecule has 2 rings (SSSR count). The summed E-state index contributed by atoms with van der Waals surface area (Å²) in [4.78, 5) is 23.6. The van der Waals surface area contributed by atoms with Crippen LogP contribution in [0.25, 0.3) is 11.1 Å². The Morgan fingerprint density at radius 1 is 1.19 bits per heavy atom. The average molecular weight is 347 g/mol. The molecule has 0 unspecified atom stereocenters. The Balaban J connectivity index is 2.94. The van der Waals surface area contributed by atoms with E-state index in [9.17, 15) is 14.7 Å². The van der Waals surface area contributed by atoms with Crippen molar-refractivity contribution in [2.75, 3.05) is 0 Å². The van der Waals surface area contributed by atoms with Gasteiger partial charge in [0.25, 0.3) is 5.56 Å². The summed E-state index contributed by atoms with van der Waals surface area (Å²) in [6.07, 6.45) is 0. The lowest BCUT2D eigenvalue weighted by Gasteiger charge is -2.14. The number of rotatable bonds is 2. The maximum atomic E-state index is 12.2. The van der Waals surface area contributed by atoms with E-state index in [1.54, 1.807) is 13.0 Å². The third kappa shape index (κ3) is 2.67. The van der Waals surface area contributed by atoms with Crippen LogP contribution in [0.2, 0.25) is 15.1 Å². The molecule has 0 amide bonds. The van der Waals surface area contributed by atoms with E-state index in [0.717, 1.165) is 0 Å². The van der Waals surface area contributed by atoms with Crippen molar-refractivity contribution in [2.24, 2.45) is 7.05 Å². The van der Waals surface area contributed by atoms with Crippen LogP contribution in [-0.4, -0.2) is 15.6 Å². The molecule has 1 N–H and O–H groups in total. The number of carboxylic acid groups (broad SMARTS) is 1. The quantitative estimate of drug-likeness (QED) is 0.893. The molecule has 1 aromatic carbocycles. The van der Waals surface area contributed by atoms with Crippen LogP contribution in [0.1, 0.15) is 16.1 Å².